The number of carbonyl (C=O) groups is 1. The van der Waals surface area contributed by atoms with Crippen LogP contribution < -0.4 is 5.32 Å². The number of anilines is 1. The maximum Gasteiger partial charge on any atom is 0.277 e. The number of nitrogens with zero attached hydrogens (tertiary/aromatic N) is 4. The predicted molar refractivity (Wildman–Crippen MR) is 71.8 cm³/mol. The third kappa shape index (κ3) is 2.51. The van der Waals surface area contributed by atoms with Crippen LogP contribution in [-0.2, 0) is 0 Å². The van der Waals surface area contributed by atoms with Gasteiger partial charge in [0, 0.05) is 23.6 Å². The van der Waals surface area contributed by atoms with Crippen molar-refractivity contribution in [3.8, 4) is 11.1 Å². The molecule has 0 atom stereocenters. The van der Waals surface area contributed by atoms with Crippen LogP contribution in [0.4, 0.5) is 5.69 Å². The van der Waals surface area contributed by atoms with E-state index in [9.17, 15) is 4.79 Å². The molecule has 3 rings (SSSR count). The summed E-state index contributed by atoms with van der Waals surface area (Å²) in [7, 11) is 0. The van der Waals surface area contributed by atoms with E-state index in [0.717, 1.165) is 11.1 Å². The lowest BCUT2D eigenvalue weighted by Gasteiger charge is -2.04. The van der Waals surface area contributed by atoms with Crippen LogP contribution in [0.1, 0.15) is 10.5 Å². The first-order valence-corrected chi connectivity index (χ1v) is 5.85. The third-order valence-electron chi connectivity index (χ3n) is 2.68. The number of hydrogen-bond donors (Lipinski definition) is 2. The number of rotatable bonds is 3. The van der Waals surface area contributed by atoms with Crippen molar-refractivity contribution < 1.29 is 4.79 Å². The summed E-state index contributed by atoms with van der Waals surface area (Å²) < 4.78 is 0. The molecule has 0 aliphatic carbocycles. The van der Waals surface area contributed by atoms with Crippen LogP contribution in [0.25, 0.3) is 11.1 Å². The van der Waals surface area contributed by atoms with E-state index >= 15 is 0 Å². The average Bonchev–Trinajstić information content (AvgIpc) is 3.03. The van der Waals surface area contributed by atoms with E-state index in [1.54, 1.807) is 24.5 Å². The number of aromatic amines is 1. The largest absolute Gasteiger partial charge is 0.321 e. The lowest BCUT2D eigenvalue weighted by atomic mass is 10.1. The van der Waals surface area contributed by atoms with Crippen molar-refractivity contribution in [2.45, 2.75) is 0 Å². The minimum atomic E-state index is -0.311. The van der Waals surface area contributed by atoms with Gasteiger partial charge in [-0.2, -0.15) is 15.4 Å². The quantitative estimate of drug-likeness (QED) is 0.749. The van der Waals surface area contributed by atoms with Gasteiger partial charge < -0.3 is 5.32 Å². The molecule has 7 heteroatoms. The van der Waals surface area contributed by atoms with Crippen LogP contribution in [0, 0.1) is 0 Å². The molecule has 1 amide bonds. The molecule has 3 aromatic rings. The van der Waals surface area contributed by atoms with Gasteiger partial charge in [0.2, 0.25) is 0 Å². The summed E-state index contributed by atoms with van der Waals surface area (Å²) in [6.45, 7) is 0. The van der Waals surface area contributed by atoms with Gasteiger partial charge in [0.1, 0.15) is 6.33 Å². The molecule has 2 heterocycles. The third-order valence-corrected chi connectivity index (χ3v) is 2.68. The van der Waals surface area contributed by atoms with Crippen molar-refractivity contribution in [1.29, 1.82) is 0 Å². The van der Waals surface area contributed by atoms with Crippen molar-refractivity contribution in [3.63, 3.8) is 0 Å². The molecular weight excluding hydrogens is 256 g/mol. The second-order valence-electron chi connectivity index (χ2n) is 4.01. The van der Waals surface area contributed by atoms with Gasteiger partial charge in [-0.05, 0) is 17.7 Å². The van der Waals surface area contributed by atoms with Gasteiger partial charge in [0.15, 0.2) is 5.69 Å². The minimum absolute atomic E-state index is 0.241. The Bertz CT molecular complexity index is 693. The molecule has 7 nitrogen and oxygen atoms in total. The first-order chi connectivity index (χ1) is 9.83. The summed E-state index contributed by atoms with van der Waals surface area (Å²) in [5, 5.41) is 12.4. The molecule has 0 radical (unpaired) electrons. The summed E-state index contributed by atoms with van der Waals surface area (Å²) in [6.07, 6.45) is 6.31. The van der Waals surface area contributed by atoms with Crippen LogP contribution in [0.15, 0.2) is 49.2 Å². The van der Waals surface area contributed by atoms with E-state index in [4.69, 9.17) is 0 Å². The van der Waals surface area contributed by atoms with Crippen LogP contribution in [0.3, 0.4) is 0 Å². The van der Waals surface area contributed by atoms with Crippen LogP contribution in [0.2, 0.25) is 0 Å². The number of amides is 1. The molecule has 0 fully saturated rings. The second-order valence-corrected chi connectivity index (χ2v) is 4.01. The molecule has 20 heavy (non-hydrogen) atoms. The molecule has 2 aromatic heterocycles. The first-order valence-electron chi connectivity index (χ1n) is 5.85. The van der Waals surface area contributed by atoms with E-state index in [2.05, 4.69) is 30.7 Å². The average molecular weight is 266 g/mol. The van der Waals surface area contributed by atoms with Crippen LogP contribution in [0.5, 0.6) is 0 Å². The smallest absolute Gasteiger partial charge is 0.277 e. The van der Waals surface area contributed by atoms with Crippen molar-refractivity contribution in [3.05, 3.63) is 54.9 Å². The predicted octanol–water partition coefficient (Wildman–Crippen LogP) is 1.51. The Morgan fingerprint density at radius 1 is 1.00 bits per heavy atom. The Morgan fingerprint density at radius 2 is 1.75 bits per heavy atom. The SMILES string of the molecule is O=C(Nc1ccc(-c2cncnc2)cc1)c1cn[nH]n1. The normalized spacial score (nSPS) is 10.2. The summed E-state index contributed by atoms with van der Waals surface area (Å²) in [5.41, 5.74) is 2.82. The molecule has 0 bridgehead atoms. The molecule has 2 N–H and O–H groups in total. The maximum absolute atomic E-state index is 11.8. The molecule has 1 aromatic carbocycles. The zero-order chi connectivity index (χ0) is 13.8. The van der Waals surface area contributed by atoms with E-state index in [1.165, 1.54) is 12.5 Å². The Morgan fingerprint density at radius 3 is 2.40 bits per heavy atom. The Balaban J connectivity index is 1.75. The number of benzene rings is 1. The molecule has 0 aliphatic rings. The van der Waals surface area contributed by atoms with Gasteiger partial charge >= 0.3 is 0 Å². The lowest BCUT2D eigenvalue weighted by Crippen LogP contribution is -2.12. The standard InChI is InChI=1S/C13H10N6O/c20-13(12-7-16-19-18-12)17-11-3-1-9(2-4-11)10-5-14-8-15-6-10/h1-8H,(H,17,20)(H,16,18,19). The highest BCUT2D eigenvalue weighted by Gasteiger charge is 2.08. The van der Waals surface area contributed by atoms with Crippen molar-refractivity contribution in [2.24, 2.45) is 0 Å². The van der Waals surface area contributed by atoms with E-state index < -0.39 is 0 Å². The van der Waals surface area contributed by atoms with Crippen LogP contribution in [-0.4, -0.2) is 31.3 Å². The minimum Gasteiger partial charge on any atom is -0.321 e. The number of carbonyl (C=O) groups excluding carboxylic acids is 1. The number of aromatic nitrogens is 5. The van der Waals surface area contributed by atoms with Gasteiger partial charge in [-0.25, -0.2) is 9.97 Å². The fourth-order valence-corrected chi connectivity index (χ4v) is 1.70. The zero-order valence-electron chi connectivity index (χ0n) is 10.3. The van der Waals surface area contributed by atoms with Crippen LogP contribution >= 0.6 is 0 Å². The Kier molecular flexibility index (Phi) is 3.15. The fourth-order valence-electron chi connectivity index (χ4n) is 1.70. The van der Waals surface area contributed by atoms with E-state index in [0.29, 0.717) is 5.69 Å². The lowest BCUT2D eigenvalue weighted by molar-refractivity contribution is 0.102. The highest BCUT2D eigenvalue weighted by molar-refractivity contribution is 6.02. The highest BCUT2D eigenvalue weighted by Crippen LogP contribution is 2.19. The summed E-state index contributed by atoms with van der Waals surface area (Å²) in [6, 6.07) is 7.38. The number of nitrogens with one attached hydrogen (secondary N) is 2. The second kappa shape index (κ2) is 5.27. The van der Waals surface area contributed by atoms with Gasteiger partial charge in [-0.15, -0.1) is 0 Å². The topological polar surface area (TPSA) is 96.5 Å². The molecule has 0 aliphatic heterocycles. The molecule has 0 spiro atoms. The number of hydrogen-bond acceptors (Lipinski definition) is 5. The summed E-state index contributed by atoms with van der Waals surface area (Å²) in [4.78, 5) is 19.7. The molecular formula is C13H10N6O. The van der Waals surface area contributed by atoms with E-state index in [1.807, 2.05) is 12.1 Å². The zero-order valence-corrected chi connectivity index (χ0v) is 10.3. The van der Waals surface area contributed by atoms with Gasteiger partial charge in [-0.3, -0.25) is 4.79 Å². The monoisotopic (exact) mass is 266 g/mol. The molecule has 98 valence electrons. The molecule has 0 saturated heterocycles. The maximum atomic E-state index is 11.8. The fraction of sp³-hybridized carbons (Fsp3) is 0. The molecule has 0 unspecified atom stereocenters. The van der Waals surface area contributed by atoms with Gasteiger partial charge in [-0.1, -0.05) is 12.1 Å². The number of H-pyrrole nitrogens is 1. The van der Waals surface area contributed by atoms with Gasteiger partial charge in [0.25, 0.3) is 5.91 Å². The highest BCUT2D eigenvalue weighted by atomic mass is 16.2. The first kappa shape index (κ1) is 12.0. The van der Waals surface area contributed by atoms with Crippen molar-refractivity contribution in [2.75, 3.05) is 5.32 Å². The molecule has 0 saturated carbocycles. The van der Waals surface area contributed by atoms with Crippen molar-refractivity contribution in [1.82, 2.24) is 25.4 Å². The Labute approximate surface area is 114 Å². The summed E-state index contributed by atoms with van der Waals surface area (Å²) in [5.74, 6) is -0.311. The van der Waals surface area contributed by atoms with E-state index in [-0.39, 0.29) is 11.6 Å². The van der Waals surface area contributed by atoms with Gasteiger partial charge in [0.05, 0.1) is 6.20 Å². The Hall–Kier alpha value is -3.09. The van der Waals surface area contributed by atoms with Crippen molar-refractivity contribution >= 4 is 11.6 Å². The summed E-state index contributed by atoms with van der Waals surface area (Å²) >= 11 is 0.